The summed E-state index contributed by atoms with van der Waals surface area (Å²) >= 11 is 5.79. The van der Waals surface area contributed by atoms with E-state index in [9.17, 15) is 14.4 Å². The highest BCUT2D eigenvalue weighted by molar-refractivity contribution is 6.30. The second kappa shape index (κ2) is 10.5. The number of rotatable bonds is 8. The van der Waals surface area contributed by atoms with Crippen molar-refractivity contribution in [3.63, 3.8) is 0 Å². The van der Waals surface area contributed by atoms with E-state index in [1.54, 1.807) is 61.8 Å². The largest absolute Gasteiger partial charge is 0.348 e. The second-order valence-corrected chi connectivity index (χ2v) is 7.23. The number of nitrogens with zero attached hydrogens (tertiary/aromatic N) is 2. The zero-order valence-corrected chi connectivity index (χ0v) is 17.6. The number of nitrogens with one attached hydrogen (secondary N) is 3. The lowest BCUT2D eigenvalue weighted by Gasteiger charge is -2.18. The molecule has 2 amide bonds. The molecule has 0 saturated heterocycles. The predicted molar refractivity (Wildman–Crippen MR) is 120 cm³/mol. The van der Waals surface area contributed by atoms with E-state index in [4.69, 9.17) is 11.6 Å². The van der Waals surface area contributed by atoms with E-state index in [0.717, 1.165) is 0 Å². The third-order valence-corrected chi connectivity index (χ3v) is 4.67. The third kappa shape index (κ3) is 6.24. The van der Waals surface area contributed by atoms with Crippen LogP contribution in [0.4, 0.5) is 5.82 Å². The summed E-state index contributed by atoms with van der Waals surface area (Å²) in [7, 11) is 1.74. The summed E-state index contributed by atoms with van der Waals surface area (Å²) in [6.07, 6.45) is 3.17. The third-order valence-electron chi connectivity index (χ3n) is 4.44. The van der Waals surface area contributed by atoms with Crippen molar-refractivity contribution in [1.82, 2.24) is 20.2 Å². The van der Waals surface area contributed by atoms with Crippen molar-refractivity contribution in [3.8, 4) is 5.69 Å². The number of likely N-dealkylation sites (N-methyl/N-ethyl adjacent to an activating group) is 1. The molecule has 0 radical (unpaired) electrons. The highest BCUT2D eigenvalue weighted by Gasteiger charge is 2.17. The van der Waals surface area contributed by atoms with Gasteiger partial charge in [-0.05, 0) is 49.5 Å². The standard InChI is InChI=1S/C22H22ClN5O3/c1-24-14-17(12-20(29)27-19-10-7-16(23)13-25-19)26-22(31)15-5-8-18(9-6-15)28-11-3-2-4-21(28)30/h2-11,13,17,24H,12,14H2,1H3,(H,26,31)(H,25,27,29). The summed E-state index contributed by atoms with van der Waals surface area (Å²) in [5.74, 6) is -0.213. The van der Waals surface area contributed by atoms with Gasteiger partial charge in [0.2, 0.25) is 5.91 Å². The highest BCUT2D eigenvalue weighted by Crippen LogP contribution is 2.11. The Bertz CT molecular complexity index is 1100. The summed E-state index contributed by atoms with van der Waals surface area (Å²) in [5, 5.41) is 8.99. The molecule has 2 heterocycles. The molecule has 0 spiro atoms. The Morgan fingerprint density at radius 1 is 1.10 bits per heavy atom. The normalized spacial score (nSPS) is 11.5. The van der Waals surface area contributed by atoms with Gasteiger partial charge in [0.05, 0.1) is 11.1 Å². The van der Waals surface area contributed by atoms with Crippen LogP contribution in [0.3, 0.4) is 0 Å². The number of halogens is 1. The topological polar surface area (TPSA) is 105 Å². The first-order chi connectivity index (χ1) is 15.0. The Kier molecular flexibility index (Phi) is 7.53. The molecule has 0 aliphatic carbocycles. The minimum absolute atomic E-state index is 0.0639. The molecule has 9 heteroatoms. The van der Waals surface area contributed by atoms with Crippen molar-refractivity contribution < 1.29 is 9.59 Å². The maximum atomic E-state index is 12.7. The van der Waals surface area contributed by atoms with Crippen LogP contribution < -0.4 is 21.5 Å². The molecule has 0 aliphatic heterocycles. The number of hydrogen-bond donors (Lipinski definition) is 3. The van der Waals surface area contributed by atoms with Crippen LogP contribution in [0, 0.1) is 0 Å². The van der Waals surface area contributed by atoms with Crippen LogP contribution in [0.2, 0.25) is 5.02 Å². The van der Waals surface area contributed by atoms with Crippen molar-refractivity contribution in [1.29, 1.82) is 0 Å². The first-order valence-electron chi connectivity index (χ1n) is 9.61. The van der Waals surface area contributed by atoms with E-state index < -0.39 is 6.04 Å². The fourth-order valence-electron chi connectivity index (χ4n) is 2.97. The summed E-state index contributed by atoms with van der Waals surface area (Å²) in [5.41, 5.74) is 0.923. The SMILES string of the molecule is CNCC(CC(=O)Nc1ccc(Cl)cn1)NC(=O)c1ccc(-n2ccccc2=O)cc1. The van der Waals surface area contributed by atoms with Crippen molar-refractivity contribution in [2.24, 2.45) is 0 Å². The average molecular weight is 440 g/mol. The minimum atomic E-state index is -0.429. The summed E-state index contributed by atoms with van der Waals surface area (Å²) < 4.78 is 1.49. The second-order valence-electron chi connectivity index (χ2n) is 6.80. The number of carbonyl (C=O) groups is 2. The molecule has 0 aliphatic rings. The van der Waals surface area contributed by atoms with E-state index in [-0.39, 0.29) is 23.8 Å². The lowest BCUT2D eigenvalue weighted by Crippen LogP contribution is -2.43. The van der Waals surface area contributed by atoms with Crippen LogP contribution in [0.15, 0.2) is 71.8 Å². The molecule has 3 aromatic rings. The van der Waals surface area contributed by atoms with Crippen molar-refractivity contribution in [3.05, 3.63) is 87.9 Å². The van der Waals surface area contributed by atoms with Gasteiger partial charge in [0, 0.05) is 42.7 Å². The lowest BCUT2D eigenvalue weighted by molar-refractivity contribution is -0.116. The molecular formula is C22H22ClN5O3. The zero-order valence-electron chi connectivity index (χ0n) is 16.8. The molecule has 0 bridgehead atoms. The first kappa shape index (κ1) is 22.2. The van der Waals surface area contributed by atoms with E-state index >= 15 is 0 Å². The molecule has 0 fully saturated rings. The fraction of sp³-hybridized carbons (Fsp3) is 0.182. The molecule has 2 aromatic heterocycles. The summed E-state index contributed by atoms with van der Waals surface area (Å²) in [6, 6.07) is 14.4. The Hall–Kier alpha value is -3.49. The van der Waals surface area contributed by atoms with E-state index in [2.05, 4.69) is 20.9 Å². The predicted octanol–water partition coefficient (Wildman–Crippen LogP) is 2.23. The van der Waals surface area contributed by atoms with Crippen LogP contribution >= 0.6 is 11.6 Å². The molecule has 3 rings (SSSR count). The average Bonchev–Trinajstić information content (AvgIpc) is 2.76. The Morgan fingerprint density at radius 2 is 1.87 bits per heavy atom. The van der Waals surface area contributed by atoms with E-state index in [1.807, 2.05) is 0 Å². The molecule has 1 atom stereocenters. The van der Waals surface area contributed by atoms with Crippen molar-refractivity contribution in [2.75, 3.05) is 18.9 Å². The Morgan fingerprint density at radius 3 is 2.52 bits per heavy atom. The van der Waals surface area contributed by atoms with Crippen molar-refractivity contribution in [2.45, 2.75) is 12.5 Å². The van der Waals surface area contributed by atoms with Crippen LogP contribution in [0.25, 0.3) is 5.69 Å². The van der Waals surface area contributed by atoms with Gasteiger partial charge in [-0.1, -0.05) is 17.7 Å². The van der Waals surface area contributed by atoms with Gasteiger partial charge >= 0.3 is 0 Å². The van der Waals surface area contributed by atoms with Gasteiger partial charge in [0.1, 0.15) is 5.82 Å². The number of anilines is 1. The molecular weight excluding hydrogens is 418 g/mol. The van der Waals surface area contributed by atoms with Crippen LogP contribution in [-0.4, -0.2) is 41.0 Å². The smallest absolute Gasteiger partial charge is 0.255 e. The molecule has 31 heavy (non-hydrogen) atoms. The quantitative estimate of drug-likeness (QED) is 0.499. The Labute approximate surface area is 184 Å². The molecule has 1 unspecified atom stereocenters. The number of carbonyl (C=O) groups excluding carboxylic acids is 2. The fourth-order valence-corrected chi connectivity index (χ4v) is 3.08. The maximum absolute atomic E-state index is 12.7. The molecule has 8 nitrogen and oxygen atoms in total. The maximum Gasteiger partial charge on any atom is 0.255 e. The number of benzene rings is 1. The van der Waals surface area contributed by atoms with Crippen LogP contribution in [-0.2, 0) is 4.79 Å². The van der Waals surface area contributed by atoms with Gasteiger partial charge in [-0.3, -0.25) is 19.0 Å². The first-order valence-corrected chi connectivity index (χ1v) is 9.99. The van der Waals surface area contributed by atoms with Gasteiger partial charge in [0.15, 0.2) is 0 Å². The Balaban J connectivity index is 1.63. The van der Waals surface area contributed by atoms with Gasteiger partial charge < -0.3 is 16.0 Å². The minimum Gasteiger partial charge on any atom is -0.348 e. The molecule has 160 valence electrons. The van der Waals surface area contributed by atoms with Crippen LogP contribution in [0.5, 0.6) is 0 Å². The molecule has 3 N–H and O–H groups in total. The van der Waals surface area contributed by atoms with Crippen LogP contribution in [0.1, 0.15) is 16.8 Å². The summed E-state index contributed by atoms with van der Waals surface area (Å²) in [4.78, 5) is 41.0. The molecule has 1 aromatic carbocycles. The van der Waals surface area contributed by atoms with E-state index in [0.29, 0.717) is 28.6 Å². The van der Waals surface area contributed by atoms with E-state index in [1.165, 1.54) is 16.8 Å². The number of hydrogen-bond acceptors (Lipinski definition) is 5. The van der Waals surface area contributed by atoms with Gasteiger partial charge in [0.25, 0.3) is 11.5 Å². The lowest BCUT2D eigenvalue weighted by atomic mass is 10.1. The number of amides is 2. The molecule has 0 saturated carbocycles. The zero-order chi connectivity index (χ0) is 22.2. The highest BCUT2D eigenvalue weighted by atomic mass is 35.5. The monoisotopic (exact) mass is 439 g/mol. The van der Waals surface area contributed by atoms with Crippen molar-refractivity contribution >= 4 is 29.2 Å². The summed E-state index contributed by atoms with van der Waals surface area (Å²) in [6.45, 7) is 0.407. The van der Waals surface area contributed by atoms with Gasteiger partial charge in [-0.15, -0.1) is 0 Å². The van der Waals surface area contributed by atoms with Gasteiger partial charge in [-0.2, -0.15) is 0 Å². The number of aromatic nitrogens is 2. The van der Waals surface area contributed by atoms with Gasteiger partial charge in [-0.25, -0.2) is 4.98 Å². The number of pyridine rings is 2.